The van der Waals surface area contributed by atoms with E-state index in [9.17, 15) is 0 Å². The van der Waals surface area contributed by atoms with Crippen molar-refractivity contribution < 1.29 is 0 Å². The Kier molecular flexibility index (Phi) is 3.04. The molecule has 4 nitrogen and oxygen atoms in total. The number of nitrogen functional groups attached to an aromatic ring is 1. The number of hydrogen-bond acceptors (Lipinski definition) is 3. The lowest BCUT2D eigenvalue weighted by Gasteiger charge is -2.26. The fourth-order valence-electron chi connectivity index (χ4n) is 3.06. The van der Waals surface area contributed by atoms with Gasteiger partial charge in [-0.05, 0) is 32.1 Å². The fourth-order valence-corrected chi connectivity index (χ4v) is 3.06. The van der Waals surface area contributed by atoms with Gasteiger partial charge in [-0.15, -0.1) is 5.10 Å². The van der Waals surface area contributed by atoms with Crippen molar-refractivity contribution in [1.82, 2.24) is 15.0 Å². The second-order valence-electron chi connectivity index (χ2n) is 5.58. The standard InChI is InChI=1S/C13H22N4/c14-13-12(10-6-3-1-2-4-7-10)15-16-17(13)11-8-5-9-11/h10-11H,1-9,14H2. The highest BCUT2D eigenvalue weighted by atomic mass is 15.5. The van der Waals surface area contributed by atoms with Crippen molar-refractivity contribution in [2.45, 2.75) is 69.7 Å². The highest BCUT2D eigenvalue weighted by Gasteiger charge is 2.27. The van der Waals surface area contributed by atoms with Crippen LogP contribution in [0.1, 0.15) is 75.4 Å². The number of nitrogens with two attached hydrogens (primary N) is 1. The molecule has 3 rings (SSSR count). The average Bonchev–Trinajstić information content (AvgIpc) is 2.53. The third kappa shape index (κ3) is 2.05. The van der Waals surface area contributed by atoms with Crippen LogP contribution in [0, 0.1) is 0 Å². The normalized spacial score (nSPS) is 23.3. The Labute approximate surface area is 103 Å². The molecule has 0 aliphatic heterocycles. The van der Waals surface area contributed by atoms with Gasteiger partial charge >= 0.3 is 0 Å². The first-order valence-electron chi connectivity index (χ1n) is 7.07. The fraction of sp³-hybridized carbons (Fsp3) is 0.846. The summed E-state index contributed by atoms with van der Waals surface area (Å²) in [4.78, 5) is 0. The molecule has 2 fully saturated rings. The molecule has 0 radical (unpaired) electrons. The highest BCUT2D eigenvalue weighted by Crippen LogP contribution is 2.37. The van der Waals surface area contributed by atoms with Gasteiger partial charge in [-0.3, -0.25) is 0 Å². The Morgan fingerprint density at radius 3 is 2.24 bits per heavy atom. The topological polar surface area (TPSA) is 56.7 Å². The summed E-state index contributed by atoms with van der Waals surface area (Å²) in [5, 5.41) is 8.66. The average molecular weight is 234 g/mol. The maximum atomic E-state index is 6.23. The molecule has 0 aromatic carbocycles. The molecule has 94 valence electrons. The molecule has 1 heterocycles. The van der Waals surface area contributed by atoms with Crippen LogP contribution in [0.3, 0.4) is 0 Å². The first kappa shape index (κ1) is 11.1. The molecule has 2 N–H and O–H groups in total. The largest absolute Gasteiger partial charge is 0.382 e. The first-order valence-corrected chi connectivity index (χ1v) is 7.07. The molecular weight excluding hydrogens is 212 g/mol. The molecule has 0 atom stereocenters. The Hall–Kier alpha value is -1.06. The summed E-state index contributed by atoms with van der Waals surface area (Å²) < 4.78 is 1.98. The molecule has 0 amide bonds. The second kappa shape index (κ2) is 4.67. The molecule has 1 aromatic rings. The molecule has 4 heteroatoms. The predicted octanol–water partition coefficient (Wildman–Crippen LogP) is 3.02. The SMILES string of the molecule is Nc1c(C2CCCCCC2)nnn1C1CCC1. The number of nitrogens with zero attached hydrogens (tertiary/aromatic N) is 3. The van der Waals surface area contributed by atoms with Crippen molar-refractivity contribution in [2.75, 3.05) is 5.73 Å². The van der Waals surface area contributed by atoms with Gasteiger partial charge in [0.15, 0.2) is 0 Å². The minimum atomic E-state index is 0.530. The summed E-state index contributed by atoms with van der Waals surface area (Å²) in [5.74, 6) is 1.41. The van der Waals surface area contributed by atoms with Gasteiger partial charge in [0.2, 0.25) is 0 Å². The molecule has 2 aliphatic rings. The van der Waals surface area contributed by atoms with Crippen LogP contribution in [-0.2, 0) is 0 Å². The highest BCUT2D eigenvalue weighted by molar-refractivity contribution is 5.37. The summed E-state index contributed by atoms with van der Waals surface area (Å²) in [6.07, 6.45) is 11.6. The van der Waals surface area contributed by atoms with Crippen molar-refractivity contribution in [3.05, 3.63) is 5.69 Å². The van der Waals surface area contributed by atoms with Crippen LogP contribution in [-0.4, -0.2) is 15.0 Å². The van der Waals surface area contributed by atoms with E-state index in [4.69, 9.17) is 5.73 Å². The van der Waals surface area contributed by atoms with E-state index in [1.165, 1.54) is 57.8 Å². The van der Waals surface area contributed by atoms with Crippen molar-refractivity contribution in [1.29, 1.82) is 0 Å². The van der Waals surface area contributed by atoms with Crippen LogP contribution in [0.15, 0.2) is 0 Å². The summed E-state index contributed by atoms with van der Waals surface area (Å²) in [6, 6.07) is 0.530. The first-order chi connectivity index (χ1) is 8.36. The number of rotatable bonds is 2. The van der Waals surface area contributed by atoms with Crippen molar-refractivity contribution in [3.8, 4) is 0 Å². The zero-order valence-electron chi connectivity index (χ0n) is 10.4. The van der Waals surface area contributed by atoms with E-state index in [0.29, 0.717) is 12.0 Å². The summed E-state index contributed by atoms with van der Waals surface area (Å²) in [6.45, 7) is 0. The molecule has 1 aromatic heterocycles. The van der Waals surface area contributed by atoms with Crippen molar-refractivity contribution in [3.63, 3.8) is 0 Å². The summed E-state index contributed by atoms with van der Waals surface area (Å²) >= 11 is 0. The van der Waals surface area contributed by atoms with E-state index >= 15 is 0 Å². The number of aromatic nitrogens is 3. The predicted molar refractivity (Wildman–Crippen MR) is 67.8 cm³/mol. The van der Waals surface area contributed by atoms with E-state index in [1.807, 2.05) is 4.68 Å². The van der Waals surface area contributed by atoms with Crippen LogP contribution in [0.2, 0.25) is 0 Å². The minimum Gasteiger partial charge on any atom is -0.382 e. The molecule has 2 aliphatic carbocycles. The van der Waals surface area contributed by atoms with Crippen molar-refractivity contribution in [2.24, 2.45) is 0 Å². The molecule has 0 unspecified atom stereocenters. The third-order valence-electron chi connectivity index (χ3n) is 4.42. The molecule has 0 spiro atoms. The van der Waals surface area contributed by atoms with Gasteiger partial charge < -0.3 is 5.73 Å². The quantitative estimate of drug-likeness (QED) is 0.800. The van der Waals surface area contributed by atoms with Gasteiger partial charge in [0, 0.05) is 5.92 Å². The van der Waals surface area contributed by atoms with Crippen molar-refractivity contribution >= 4 is 5.82 Å². The van der Waals surface area contributed by atoms with Gasteiger partial charge in [0.25, 0.3) is 0 Å². The third-order valence-corrected chi connectivity index (χ3v) is 4.42. The van der Waals surface area contributed by atoms with Crippen LogP contribution < -0.4 is 5.73 Å². The van der Waals surface area contributed by atoms with Crippen LogP contribution in [0.4, 0.5) is 5.82 Å². The molecule has 0 bridgehead atoms. The van der Waals surface area contributed by atoms with Gasteiger partial charge in [-0.1, -0.05) is 30.9 Å². The lowest BCUT2D eigenvalue weighted by Crippen LogP contribution is -2.20. The maximum absolute atomic E-state index is 6.23. The zero-order valence-corrected chi connectivity index (χ0v) is 10.4. The minimum absolute atomic E-state index is 0.530. The van der Waals surface area contributed by atoms with E-state index in [2.05, 4.69) is 10.3 Å². The summed E-state index contributed by atoms with van der Waals surface area (Å²) in [7, 11) is 0. The molecule has 0 saturated heterocycles. The van der Waals surface area contributed by atoms with Gasteiger partial charge in [-0.2, -0.15) is 0 Å². The maximum Gasteiger partial charge on any atom is 0.146 e. The van der Waals surface area contributed by atoms with E-state index < -0.39 is 0 Å². The van der Waals surface area contributed by atoms with E-state index in [0.717, 1.165) is 11.5 Å². The summed E-state index contributed by atoms with van der Waals surface area (Å²) in [5.41, 5.74) is 7.32. The second-order valence-corrected chi connectivity index (χ2v) is 5.58. The Balaban J connectivity index is 1.79. The lowest BCUT2D eigenvalue weighted by atomic mass is 9.92. The van der Waals surface area contributed by atoms with Crippen LogP contribution >= 0.6 is 0 Å². The number of hydrogen-bond donors (Lipinski definition) is 1. The van der Waals surface area contributed by atoms with Gasteiger partial charge in [-0.25, -0.2) is 4.68 Å². The molecular formula is C13H22N4. The molecule has 2 saturated carbocycles. The Bertz CT molecular complexity index is 373. The Morgan fingerprint density at radius 1 is 0.941 bits per heavy atom. The lowest BCUT2D eigenvalue weighted by molar-refractivity contribution is 0.288. The zero-order chi connectivity index (χ0) is 11.7. The van der Waals surface area contributed by atoms with Gasteiger partial charge in [0.1, 0.15) is 11.5 Å². The Morgan fingerprint density at radius 2 is 1.65 bits per heavy atom. The monoisotopic (exact) mass is 234 g/mol. The van der Waals surface area contributed by atoms with Crippen LogP contribution in [0.5, 0.6) is 0 Å². The van der Waals surface area contributed by atoms with E-state index in [-0.39, 0.29) is 0 Å². The number of anilines is 1. The van der Waals surface area contributed by atoms with E-state index in [1.54, 1.807) is 0 Å². The molecule has 17 heavy (non-hydrogen) atoms. The van der Waals surface area contributed by atoms with Crippen LogP contribution in [0.25, 0.3) is 0 Å². The van der Waals surface area contributed by atoms with Gasteiger partial charge in [0.05, 0.1) is 6.04 Å². The smallest absolute Gasteiger partial charge is 0.146 e.